The van der Waals surface area contributed by atoms with E-state index < -0.39 is 12.0 Å². The Morgan fingerprint density at radius 3 is 2.68 bits per heavy atom. The first-order chi connectivity index (χ1) is 8.91. The Morgan fingerprint density at radius 2 is 2.21 bits per heavy atom. The molecule has 19 heavy (non-hydrogen) atoms. The normalized spacial score (nSPS) is 23.1. The highest BCUT2D eigenvalue weighted by Gasteiger charge is 2.43. The predicted molar refractivity (Wildman–Crippen MR) is 80.7 cm³/mol. The number of hydrogen-bond donors (Lipinski definition) is 1. The van der Waals surface area contributed by atoms with Crippen LogP contribution in [0.1, 0.15) is 24.2 Å². The summed E-state index contributed by atoms with van der Waals surface area (Å²) in [6, 6.07) is 1.01. The van der Waals surface area contributed by atoms with Gasteiger partial charge >= 0.3 is 5.97 Å². The van der Waals surface area contributed by atoms with Crippen molar-refractivity contribution in [2.45, 2.75) is 25.3 Å². The number of thioether (sulfide) groups is 1. The van der Waals surface area contributed by atoms with E-state index in [1.54, 1.807) is 23.2 Å². The number of carbonyl (C=O) groups is 2. The molecule has 1 saturated heterocycles. The largest absolute Gasteiger partial charge is 0.480 e. The lowest BCUT2D eigenvalue weighted by Gasteiger charge is -2.29. The highest BCUT2D eigenvalue weighted by molar-refractivity contribution is 9.11. The number of amides is 1. The number of hydrogen-bond acceptors (Lipinski definition) is 4. The van der Waals surface area contributed by atoms with Crippen LogP contribution >= 0.6 is 39.0 Å². The molecule has 1 aliphatic rings. The van der Waals surface area contributed by atoms with E-state index in [0.717, 1.165) is 3.79 Å². The third-order valence-corrected chi connectivity index (χ3v) is 6.06. The van der Waals surface area contributed by atoms with Crippen LogP contribution in [0.3, 0.4) is 0 Å². The van der Waals surface area contributed by atoms with Crippen LogP contribution in [0.15, 0.2) is 15.2 Å². The minimum atomic E-state index is -0.932. The van der Waals surface area contributed by atoms with Gasteiger partial charge in [-0.15, -0.1) is 23.1 Å². The van der Waals surface area contributed by atoms with Crippen molar-refractivity contribution in [3.63, 3.8) is 0 Å². The molecule has 4 nitrogen and oxygen atoms in total. The fourth-order valence-corrected chi connectivity index (χ4v) is 4.66. The summed E-state index contributed by atoms with van der Waals surface area (Å²) in [5, 5.41) is 10.9. The zero-order valence-electron chi connectivity index (χ0n) is 10.5. The summed E-state index contributed by atoms with van der Waals surface area (Å²) in [4.78, 5) is 25.4. The van der Waals surface area contributed by atoms with Gasteiger partial charge in [0.1, 0.15) is 6.04 Å². The van der Waals surface area contributed by atoms with E-state index in [0.29, 0.717) is 11.3 Å². The zero-order chi connectivity index (χ0) is 14.2. The van der Waals surface area contributed by atoms with Gasteiger partial charge in [-0.2, -0.15) is 0 Å². The maximum Gasteiger partial charge on any atom is 0.327 e. The molecule has 1 aromatic rings. The van der Waals surface area contributed by atoms with Crippen LogP contribution in [0.4, 0.5) is 0 Å². The summed E-state index contributed by atoms with van der Waals surface area (Å²) in [6.07, 6.45) is 0. The topological polar surface area (TPSA) is 57.6 Å². The number of carbonyl (C=O) groups excluding carboxylic acids is 1. The van der Waals surface area contributed by atoms with Crippen molar-refractivity contribution < 1.29 is 14.7 Å². The van der Waals surface area contributed by atoms with E-state index in [-0.39, 0.29) is 17.2 Å². The van der Waals surface area contributed by atoms with Gasteiger partial charge in [0.25, 0.3) is 5.91 Å². The zero-order valence-corrected chi connectivity index (χ0v) is 13.7. The Hall–Kier alpha value is -0.530. The highest BCUT2D eigenvalue weighted by Crippen LogP contribution is 2.36. The molecule has 1 amide bonds. The van der Waals surface area contributed by atoms with Crippen LogP contribution in [-0.2, 0) is 4.79 Å². The summed E-state index contributed by atoms with van der Waals surface area (Å²) in [5.74, 6) is -0.452. The Labute approximate surface area is 128 Å². The van der Waals surface area contributed by atoms with Crippen LogP contribution in [0.5, 0.6) is 0 Å². The van der Waals surface area contributed by atoms with E-state index in [1.165, 1.54) is 16.2 Å². The number of halogens is 1. The molecule has 0 radical (unpaired) electrons. The summed E-state index contributed by atoms with van der Waals surface area (Å²) in [7, 11) is 0. The van der Waals surface area contributed by atoms with Gasteiger partial charge in [-0.1, -0.05) is 13.8 Å². The van der Waals surface area contributed by atoms with E-state index in [2.05, 4.69) is 15.9 Å². The van der Waals surface area contributed by atoms with E-state index >= 15 is 0 Å². The van der Waals surface area contributed by atoms with Gasteiger partial charge < -0.3 is 10.0 Å². The van der Waals surface area contributed by atoms with Gasteiger partial charge in [-0.3, -0.25) is 4.79 Å². The van der Waals surface area contributed by atoms with Crippen molar-refractivity contribution in [1.82, 2.24) is 4.90 Å². The second-order valence-electron chi connectivity index (χ2n) is 4.67. The number of carboxylic acid groups (broad SMARTS) is 1. The van der Waals surface area contributed by atoms with Crippen molar-refractivity contribution in [1.29, 1.82) is 0 Å². The summed E-state index contributed by atoms with van der Waals surface area (Å²) in [5.41, 5.74) is 0.552. The minimum Gasteiger partial charge on any atom is -0.480 e. The number of rotatable bonds is 3. The Kier molecular flexibility index (Phi) is 4.58. The standard InChI is InChI=1S/C12H14BrNO3S2/c1-6(2)11-14(8(5-19-11)12(16)17)10(15)7-3-9(13)18-4-7/h3-4,6,8,11H,5H2,1-2H3,(H,16,17). The molecule has 0 aromatic carbocycles. The molecule has 2 unspecified atom stereocenters. The van der Waals surface area contributed by atoms with Gasteiger partial charge in [0.2, 0.25) is 0 Å². The first-order valence-corrected chi connectivity index (χ1v) is 8.55. The first-order valence-electron chi connectivity index (χ1n) is 5.83. The summed E-state index contributed by atoms with van der Waals surface area (Å²) < 4.78 is 0.871. The lowest BCUT2D eigenvalue weighted by molar-refractivity contribution is -0.141. The molecular weight excluding hydrogens is 350 g/mol. The minimum absolute atomic E-state index is 0.0766. The van der Waals surface area contributed by atoms with Crippen LogP contribution in [0.2, 0.25) is 0 Å². The number of aliphatic carboxylic acids is 1. The fourth-order valence-electron chi connectivity index (χ4n) is 2.06. The molecule has 2 atom stereocenters. The van der Waals surface area contributed by atoms with Crippen molar-refractivity contribution in [2.24, 2.45) is 5.92 Å². The van der Waals surface area contributed by atoms with Crippen molar-refractivity contribution in [3.8, 4) is 0 Å². The molecule has 104 valence electrons. The van der Waals surface area contributed by atoms with E-state index in [1.807, 2.05) is 13.8 Å². The quantitative estimate of drug-likeness (QED) is 0.895. The second kappa shape index (κ2) is 5.85. The lowest BCUT2D eigenvalue weighted by Crippen LogP contribution is -2.47. The highest BCUT2D eigenvalue weighted by atomic mass is 79.9. The Balaban J connectivity index is 2.30. The van der Waals surface area contributed by atoms with Crippen LogP contribution < -0.4 is 0 Å². The van der Waals surface area contributed by atoms with Crippen molar-refractivity contribution in [3.05, 3.63) is 20.8 Å². The first kappa shape index (κ1) is 14.9. The van der Waals surface area contributed by atoms with Gasteiger partial charge in [0.15, 0.2) is 0 Å². The molecule has 1 aromatic heterocycles. The molecule has 0 spiro atoms. The summed E-state index contributed by atoms with van der Waals surface area (Å²) in [6.45, 7) is 4.01. The maximum absolute atomic E-state index is 12.5. The molecule has 7 heteroatoms. The smallest absolute Gasteiger partial charge is 0.327 e. The van der Waals surface area contributed by atoms with Gasteiger partial charge in [-0.25, -0.2) is 4.79 Å². The van der Waals surface area contributed by atoms with Crippen molar-refractivity contribution >= 4 is 50.9 Å². The maximum atomic E-state index is 12.5. The second-order valence-corrected chi connectivity index (χ2v) is 8.11. The van der Waals surface area contributed by atoms with Crippen LogP contribution in [0.25, 0.3) is 0 Å². The van der Waals surface area contributed by atoms with Crippen LogP contribution in [-0.4, -0.2) is 39.1 Å². The lowest BCUT2D eigenvalue weighted by atomic mass is 10.1. The molecule has 0 bridgehead atoms. The van der Waals surface area contributed by atoms with Gasteiger partial charge in [0.05, 0.1) is 14.7 Å². The van der Waals surface area contributed by atoms with Crippen molar-refractivity contribution in [2.75, 3.05) is 5.75 Å². The SMILES string of the molecule is CC(C)C1SCC(C(=O)O)N1C(=O)c1csc(Br)c1. The van der Waals surface area contributed by atoms with Crippen LogP contribution in [0, 0.1) is 5.92 Å². The molecule has 1 N–H and O–H groups in total. The molecule has 1 aliphatic heterocycles. The molecule has 0 aliphatic carbocycles. The Bertz CT molecular complexity index is 503. The number of carboxylic acids is 1. The summed E-state index contributed by atoms with van der Waals surface area (Å²) >= 11 is 6.29. The molecule has 2 heterocycles. The van der Waals surface area contributed by atoms with Gasteiger partial charge in [0, 0.05) is 11.1 Å². The molecule has 2 rings (SSSR count). The molecule has 0 saturated carbocycles. The van der Waals surface area contributed by atoms with E-state index in [9.17, 15) is 14.7 Å². The fraction of sp³-hybridized carbons (Fsp3) is 0.500. The Morgan fingerprint density at radius 1 is 1.53 bits per heavy atom. The number of nitrogens with zero attached hydrogens (tertiary/aromatic N) is 1. The average Bonchev–Trinajstić information content (AvgIpc) is 2.93. The van der Waals surface area contributed by atoms with Gasteiger partial charge in [-0.05, 0) is 27.9 Å². The third-order valence-electron chi connectivity index (χ3n) is 2.94. The third kappa shape index (κ3) is 2.98. The average molecular weight is 364 g/mol. The molecule has 1 fully saturated rings. The predicted octanol–water partition coefficient (Wildman–Crippen LogP) is 3.13. The number of thiophene rings is 1. The monoisotopic (exact) mass is 363 g/mol. The van der Waals surface area contributed by atoms with E-state index in [4.69, 9.17) is 0 Å². The molecular formula is C12H14BrNO3S2.